The molecular weight excluding hydrogens is 267 g/mol. The van der Waals surface area contributed by atoms with E-state index in [1.165, 1.54) is 49.8 Å². The SMILES string of the molecule is CCC[N+]1(C)CCCCC1.F[P-](F)(F)(F)(F)F. The van der Waals surface area contributed by atoms with Crippen molar-refractivity contribution in [1.29, 1.82) is 0 Å². The minimum absolute atomic E-state index is 1.34. The Morgan fingerprint density at radius 1 is 0.882 bits per heavy atom. The summed E-state index contributed by atoms with van der Waals surface area (Å²) in [7, 11) is -8.25. The number of piperidine rings is 1. The van der Waals surface area contributed by atoms with Crippen molar-refractivity contribution in [2.75, 3.05) is 26.7 Å². The molecule has 0 bridgehead atoms. The molecule has 0 atom stereocenters. The summed E-state index contributed by atoms with van der Waals surface area (Å²) in [6.45, 7) is 6.53. The fourth-order valence-electron chi connectivity index (χ4n) is 2.04. The van der Waals surface area contributed by atoms with Crippen LogP contribution in [0.5, 0.6) is 0 Å². The molecule has 1 heterocycles. The Kier molecular flexibility index (Phi) is 4.57. The summed E-state index contributed by atoms with van der Waals surface area (Å²) < 4.78 is 60.5. The quantitative estimate of drug-likeness (QED) is 0.362. The van der Waals surface area contributed by atoms with Gasteiger partial charge in [-0.1, -0.05) is 6.92 Å². The van der Waals surface area contributed by atoms with Crippen LogP contribution in [0.1, 0.15) is 32.6 Å². The van der Waals surface area contributed by atoms with Crippen molar-refractivity contribution in [3.8, 4) is 0 Å². The van der Waals surface area contributed by atoms with Crippen molar-refractivity contribution in [2.24, 2.45) is 0 Å². The van der Waals surface area contributed by atoms with Crippen molar-refractivity contribution < 1.29 is 29.7 Å². The standard InChI is InChI=1S/C9H20N.F6P/c1-3-7-10(2)8-5-4-6-9-10;1-7(2,3,4,5)6/h3-9H2,1-2H3;/q+1;-1. The van der Waals surface area contributed by atoms with Crippen molar-refractivity contribution in [3.63, 3.8) is 0 Å². The van der Waals surface area contributed by atoms with Gasteiger partial charge < -0.3 is 4.48 Å². The van der Waals surface area contributed by atoms with E-state index in [-0.39, 0.29) is 0 Å². The normalized spacial score (nSPS) is 24.0. The van der Waals surface area contributed by atoms with E-state index in [2.05, 4.69) is 14.0 Å². The van der Waals surface area contributed by atoms with E-state index in [1.54, 1.807) is 0 Å². The summed E-state index contributed by atoms with van der Waals surface area (Å²) in [5.74, 6) is 0. The van der Waals surface area contributed by atoms with Gasteiger partial charge in [0.15, 0.2) is 0 Å². The summed E-state index contributed by atoms with van der Waals surface area (Å²) in [6.07, 6.45) is 5.72. The zero-order valence-corrected chi connectivity index (χ0v) is 11.0. The predicted molar refractivity (Wildman–Crippen MR) is 58.5 cm³/mol. The second-order valence-corrected chi connectivity index (χ2v) is 6.73. The number of likely N-dealkylation sites (tertiary alicyclic amines) is 1. The fourth-order valence-corrected chi connectivity index (χ4v) is 2.04. The molecule has 17 heavy (non-hydrogen) atoms. The summed E-state index contributed by atoms with van der Waals surface area (Å²) in [4.78, 5) is 0. The minimum atomic E-state index is -10.7. The molecule has 0 aromatic heterocycles. The molecule has 0 N–H and O–H groups in total. The topological polar surface area (TPSA) is 0 Å². The molecule has 1 aliphatic rings. The van der Waals surface area contributed by atoms with Crippen molar-refractivity contribution in [3.05, 3.63) is 0 Å². The van der Waals surface area contributed by atoms with Crippen LogP contribution in [0.15, 0.2) is 0 Å². The second kappa shape index (κ2) is 4.57. The van der Waals surface area contributed by atoms with Crippen molar-refractivity contribution in [1.82, 2.24) is 0 Å². The molecule has 0 aliphatic carbocycles. The number of halogens is 6. The molecule has 0 saturated carbocycles. The molecule has 0 unspecified atom stereocenters. The third-order valence-electron chi connectivity index (χ3n) is 2.66. The zero-order valence-electron chi connectivity index (χ0n) is 10.1. The van der Waals surface area contributed by atoms with Gasteiger partial charge >= 0.3 is 33.0 Å². The van der Waals surface area contributed by atoms with E-state index in [9.17, 15) is 25.2 Å². The number of rotatable bonds is 2. The maximum atomic E-state index is 9.87. The van der Waals surface area contributed by atoms with Gasteiger partial charge in [-0.05, 0) is 25.7 Å². The molecule has 1 nitrogen and oxygen atoms in total. The van der Waals surface area contributed by atoms with E-state index in [4.69, 9.17) is 0 Å². The number of nitrogens with zero attached hydrogens (tertiary/aromatic N) is 1. The fraction of sp³-hybridized carbons (Fsp3) is 1.00. The van der Waals surface area contributed by atoms with Crippen LogP contribution in [-0.2, 0) is 0 Å². The van der Waals surface area contributed by atoms with Gasteiger partial charge in [-0.3, -0.25) is 0 Å². The third kappa shape index (κ3) is 16.0. The molecular formula is C9H20F6NP. The Balaban J connectivity index is 0.000000325. The van der Waals surface area contributed by atoms with Crippen LogP contribution in [0.25, 0.3) is 0 Å². The molecule has 0 radical (unpaired) electrons. The predicted octanol–water partition coefficient (Wildman–Crippen LogP) is 5.41. The molecule has 0 amide bonds. The van der Waals surface area contributed by atoms with Crippen LogP contribution in [0.2, 0.25) is 0 Å². The average Bonchev–Trinajstić information content (AvgIpc) is 1.99. The van der Waals surface area contributed by atoms with Gasteiger partial charge in [0.1, 0.15) is 0 Å². The molecule has 0 spiro atoms. The van der Waals surface area contributed by atoms with Gasteiger partial charge in [0.2, 0.25) is 0 Å². The van der Waals surface area contributed by atoms with Gasteiger partial charge in [-0.2, -0.15) is 0 Å². The Labute approximate surface area is 97.6 Å². The van der Waals surface area contributed by atoms with Gasteiger partial charge in [0.25, 0.3) is 0 Å². The zero-order chi connectivity index (χ0) is 13.9. The Bertz CT molecular complexity index is 223. The molecule has 0 aromatic rings. The Hall–Kier alpha value is -0.0300. The summed E-state index contributed by atoms with van der Waals surface area (Å²) in [5.41, 5.74) is 0. The average molecular weight is 287 g/mol. The van der Waals surface area contributed by atoms with Crippen LogP contribution in [0, 0.1) is 0 Å². The summed E-state index contributed by atoms with van der Waals surface area (Å²) >= 11 is 0. The molecule has 8 heteroatoms. The van der Waals surface area contributed by atoms with Crippen LogP contribution in [-0.4, -0.2) is 31.2 Å². The Morgan fingerprint density at radius 3 is 1.53 bits per heavy atom. The first-order valence-corrected chi connectivity index (χ1v) is 7.65. The van der Waals surface area contributed by atoms with E-state index >= 15 is 0 Å². The second-order valence-electron chi connectivity index (χ2n) is 4.81. The van der Waals surface area contributed by atoms with Gasteiger partial charge in [-0.15, -0.1) is 0 Å². The Morgan fingerprint density at radius 2 is 1.24 bits per heavy atom. The number of hydrogen-bond donors (Lipinski definition) is 0. The molecule has 0 aromatic carbocycles. The van der Waals surface area contributed by atoms with Crippen LogP contribution in [0.3, 0.4) is 0 Å². The summed E-state index contributed by atoms with van der Waals surface area (Å²) in [6, 6.07) is 0. The molecule has 1 saturated heterocycles. The molecule has 1 fully saturated rings. The third-order valence-corrected chi connectivity index (χ3v) is 2.66. The maximum absolute atomic E-state index is 10.7. The molecule has 1 aliphatic heterocycles. The van der Waals surface area contributed by atoms with Gasteiger partial charge in [-0.25, -0.2) is 0 Å². The molecule has 1 rings (SSSR count). The van der Waals surface area contributed by atoms with E-state index in [0.29, 0.717) is 0 Å². The van der Waals surface area contributed by atoms with Crippen LogP contribution >= 0.6 is 7.81 Å². The van der Waals surface area contributed by atoms with Gasteiger partial charge in [0, 0.05) is 0 Å². The first-order valence-electron chi connectivity index (χ1n) is 5.62. The first kappa shape index (κ1) is 17.0. The van der Waals surface area contributed by atoms with Crippen molar-refractivity contribution >= 4 is 7.81 Å². The van der Waals surface area contributed by atoms with E-state index < -0.39 is 7.81 Å². The molecule has 108 valence electrons. The van der Waals surface area contributed by atoms with Gasteiger partial charge in [0.05, 0.1) is 26.7 Å². The van der Waals surface area contributed by atoms with Crippen LogP contribution < -0.4 is 0 Å². The number of hydrogen-bond acceptors (Lipinski definition) is 0. The number of quaternary nitrogens is 1. The van der Waals surface area contributed by atoms with E-state index in [1.807, 2.05) is 0 Å². The van der Waals surface area contributed by atoms with Crippen LogP contribution in [0.4, 0.5) is 25.2 Å². The monoisotopic (exact) mass is 287 g/mol. The van der Waals surface area contributed by atoms with Crippen molar-refractivity contribution in [2.45, 2.75) is 32.6 Å². The summed E-state index contributed by atoms with van der Waals surface area (Å²) in [5, 5.41) is 0. The first-order chi connectivity index (χ1) is 7.22. The van der Waals surface area contributed by atoms with E-state index in [0.717, 1.165) is 0 Å².